The van der Waals surface area contributed by atoms with Gasteiger partial charge in [0.05, 0.1) is 13.2 Å². The topological polar surface area (TPSA) is 52.6 Å². The first-order valence-electron chi connectivity index (χ1n) is 32.5. The molecular weight excluding hydrogens is 881 g/mol. The summed E-state index contributed by atoms with van der Waals surface area (Å²) in [4.78, 5) is 23.7. The van der Waals surface area contributed by atoms with Crippen LogP contribution < -0.4 is 0 Å². The molecule has 0 heterocycles. The van der Waals surface area contributed by atoms with Gasteiger partial charge in [-0.2, -0.15) is 0 Å². The van der Waals surface area contributed by atoms with E-state index in [1.165, 1.54) is 270 Å². The first-order chi connectivity index (χ1) is 35.6. The van der Waals surface area contributed by atoms with Crippen molar-refractivity contribution in [2.75, 3.05) is 13.2 Å². The van der Waals surface area contributed by atoms with E-state index in [0.29, 0.717) is 26.1 Å². The van der Waals surface area contributed by atoms with E-state index in [4.69, 9.17) is 9.47 Å². The van der Waals surface area contributed by atoms with E-state index in [-0.39, 0.29) is 11.9 Å². The maximum absolute atomic E-state index is 11.9. The smallest absolute Gasteiger partial charge is 0.305 e. The van der Waals surface area contributed by atoms with Crippen LogP contribution in [-0.4, -0.2) is 25.2 Å². The van der Waals surface area contributed by atoms with E-state index < -0.39 is 0 Å². The maximum Gasteiger partial charge on any atom is 0.305 e. The van der Waals surface area contributed by atoms with Gasteiger partial charge in [-0.15, -0.1) is 0 Å². The fourth-order valence-electron chi connectivity index (χ4n) is 9.27. The summed E-state index contributed by atoms with van der Waals surface area (Å²) in [7, 11) is 0. The maximum atomic E-state index is 11.9. The number of unbranched alkanes of at least 4 members (excludes halogenated alkanes) is 42. The highest BCUT2D eigenvalue weighted by atomic mass is 16.5. The van der Waals surface area contributed by atoms with E-state index in [1.54, 1.807) is 0 Å². The highest BCUT2D eigenvalue weighted by Crippen LogP contribution is 2.16. The van der Waals surface area contributed by atoms with Crippen molar-refractivity contribution in [3.63, 3.8) is 0 Å². The SMILES string of the molecule is CCCCC/C=C\C/C=C\CCCCCCCC(=O)OCCCCCCCCCCCCCCCC.CCCCC/C=C\C/C=C\CCCCCCCC(=O)OCCCCCCCCCCCCCCCC. The van der Waals surface area contributed by atoms with E-state index in [0.717, 1.165) is 51.4 Å². The Morgan fingerprint density at radius 3 is 0.694 bits per heavy atom. The first kappa shape index (κ1) is 72.0. The van der Waals surface area contributed by atoms with Crippen LogP contribution in [-0.2, 0) is 19.1 Å². The molecule has 72 heavy (non-hydrogen) atoms. The van der Waals surface area contributed by atoms with Crippen molar-refractivity contribution in [2.45, 2.75) is 362 Å². The largest absolute Gasteiger partial charge is 0.466 e. The molecule has 0 aromatic rings. The Balaban J connectivity index is 0. The van der Waals surface area contributed by atoms with Gasteiger partial charge in [-0.25, -0.2) is 0 Å². The van der Waals surface area contributed by atoms with Crippen LogP contribution in [0.2, 0.25) is 0 Å². The molecule has 0 unspecified atom stereocenters. The van der Waals surface area contributed by atoms with Crippen molar-refractivity contribution in [1.82, 2.24) is 0 Å². The van der Waals surface area contributed by atoms with E-state index >= 15 is 0 Å². The molecule has 0 bridgehead atoms. The molecule has 0 fully saturated rings. The molecule has 0 saturated carbocycles. The molecule has 0 rings (SSSR count). The van der Waals surface area contributed by atoms with Crippen molar-refractivity contribution in [1.29, 1.82) is 0 Å². The molecule has 0 N–H and O–H groups in total. The average molecular weight is 1010 g/mol. The van der Waals surface area contributed by atoms with Gasteiger partial charge in [0.15, 0.2) is 0 Å². The Kier molecular flexibility index (Phi) is 68.9. The zero-order valence-electron chi connectivity index (χ0n) is 49.4. The normalized spacial score (nSPS) is 11.7. The lowest BCUT2D eigenvalue weighted by atomic mass is 10.0. The molecule has 0 aliphatic carbocycles. The van der Waals surface area contributed by atoms with Crippen molar-refractivity contribution in [2.24, 2.45) is 0 Å². The predicted molar refractivity (Wildman–Crippen MR) is 321 cm³/mol. The van der Waals surface area contributed by atoms with Gasteiger partial charge in [0.25, 0.3) is 0 Å². The van der Waals surface area contributed by atoms with Crippen molar-refractivity contribution in [3.8, 4) is 0 Å². The Morgan fingerprint density at radius 2 is 0.431 bits per heavy atom. The Hall–Kier alpha value is -2.10. The number of carbonyl (C=O) groups excluding carboxylic acids is 2. The number of ether oxygens (including phenoxy) is 2. The van der Waals surface area contributed by atoms with Crippen LogP contribution in [0.1, 0.15) is 362 Å². The molecule has 0 aliphatic heterocycles. The van der Waals surface area contributed by atoms with Gasteiger partial charge in [0.1, 0.15) is 0 Å². The van der Waals surface area contributed by atoms with Crippen LogP contribution in [0.5, 0.6) is 0 Å². The van der Waals surface area contributed by atoms with Crippen molar-refractivity contribution < 1.29 is 19.1 Å². The summed E-state index contributed by atoms with van der Waals surface area (Å²) in [5, 5.41) is 0. The minimum absolute atomic E-state index is 0.00961. The minimum atomic E-state index is 0.00961. The molecule has 0 saturated heterocycles. The fraction of sp³-hybridized carbons (Fsp3) is 0.853. The van der Waals surface area contributed by atoms with Gasteiger partial charge in [-0.3, -0.25) is 9.59 Å². The molecule has 0 aliphatic rings. The molecule has 4 nitrogen and oxygen atoms in total. The van der Waals surface area contributed by atoms with Crippen LogP contribution in [0.3, 0.4) is 0 Å². The quantitative estimate of drug-likeness (QED) is 0.0346. The zero-order chi connectivity index (χ0) is 52.4. The third-order valence-electron chi connectivity index (χ3n) is 14.2. The third kappa shape index (κ3) is 70.0. The second-order valence-corrected chi connectivity index (χ2v) is 21.6. The monoisotopic (exact) mass is 1010 g/mol. The highest BCUT2D eigenvalue weighted by molar-refractivity contribution is 5.69. The first-order valence-corrected chi connectivity index (χ1v) is 32.5. The lowest BCUT2D eigenvalue weighted by molar-refractivity contribution is -0.144. The summed E-state index contributed by atoms with van der Waals surface area (Å²) < 4.78 is 10.8. The van der Waals surface area contributed by atoms with Crippen molar-refractivity contribution in [3.05, 3.63) is 48.6 Å². The van der Waals surface area contributed by atoms with Gasteiger partial charge < -0.3 is 9.47 Å². The summed E-state index contributed by atoms with van der Waals surface area (Å²) in [6, 6.07) is 0. The van der Waals surface area contributed by atoms with Crippen LogP contribution in [0, 0.1) is 0 Å². The Bertz CT molecular complexity index is 1050. The van der Waals surface area contributed by atoms with Gasteiger partial charge in [-0.05, 0) is 89.9 Å². The second-order valence-electron chi connectivity index (χ2n) is 21.6. The van der Waals surface area contributed by atoms with Gasteiger partial charge in [0, 0.05) is 12.8 Å². The van der Waals surface area contributed by atoms with Gasteiger partial charge >= 0.3 is 11.9 Å². The summed E-state index contributed by atoms with van der Waals surface area (Å²) in [6.45, 7) is 10.3. The number of allylic oxidation sites excluding steroid dienone is 8. The summed E-state index contributed by atoms with van der Waals surface area (Å²) in [5.41, 5.74) is 0. The number of carbonyl (C=O) groups is 2. The van der Waals surface area contributed by atoms with E-state index in [1.807, 2.05) is 0 Å². The molecule has 0 radical (unpaired) electrons. The summed E-state index contributed by atoms with van der Waals surface area (Å²) in [5.74, 6) is 0.0192. The lowest BCUT2D eigenvalue weighted by Crippen LogP contribution is -2.05. The van der Waals surface area contributed by atoms with E-state index in [9.17, 15) is 9.59 Å². The Morgan fingerprint density at radius 1 is 0.236 bits per heavy atom. The van der Waals surface area contributed by atoms with Gasteiger partial charge in [-0.1, -0.05) is 307 Å². The number of esters is 2. The second kappa shape index (κ2) is 68.9. The fourth-order valence-corrected chi connectivity index (χ4v) is 9.27. The van der Waals surface area contributed by atoms with E-state index in [2.05, 4.69) is 76.3 Å². The number of rotatable bonds is 58. The van der Waals surface area contributed by atoms with Crippen LogP contribution in [0.4, 0.5) is 0 Å². The molecule has 4 heteroatoms. The highest BCUT2D eigenvalue weighted by Gasteiger charge is 2.04. The lowest BCUT2D eigenvalue weighted by Gasteiger charge is -2.05. The molecule has 0 aromatic heterocycles. The van der Waals surface area contributed by atoms with Crippen LogP contribution in [0.15, 0.2) is 48.6 Å². The summed E-state index contributed by atoms with van der Waals surface area (Å²) >= 11 is 0. The van der Waals surface area contributed by atoms with Crippen LogP contribution >= 0.6 is 0 Å². The standard InChI is InChI=1S/2C34H64O2/c2*1-3-5-7-9-11-13-15-17-19-20-22-24-26-28-30-32-34(35)36-33-31-29-27-25-23-21-18-16-14-12-10-8-6-4-2/h2*11,13,17,19H,3-10,12,14-16,18,20-33H2,1-2H3/b2*13-11-,19-17-. The molecule has 0 amide bonds. The van der Waals surface area contributed by atoms with Crippen LogP contribution in [0.25, 0.3) is 0 Å². The summed E-state index contributed by atoms with van der Waals surface area (Å²) in [6.07, 6.45) is 84.4. The number of hydrogen-bond donors (Lipinski definition) is 0. The molecule has 0 aromatic carbocycles. The zero-order valence-corrected chi connectivity index (χ0v) is 49.4. The predicted octanol–water partition coefficient (Wildman–Crippen LogP) is 23.6. The molecule has 0 atom stereocenters. The minimum Gasteiger partial charge on any atom is -0.466 e. The number of hydrogen-bond acceptors (Lipinski definition) is 4. The van der Waals surface area contributed by atoms with Gasteiger partial charge in [0.2, 0.25) is 0 Å². The average Bonchev–Trinajstić information content (AvgIpc) is 3.38. The molecule has 424 valence electrons. The molecule has 0 spiro atoms. The third-order valence-corrected chi connectivity index (χ3v) is 14.2. The van der Waals surface area contributed by atoms with Crippen molar-refractivity contribution >= 4 is 11.9 Å². The Labute approximate surface area is 452 Å². The molecular formula is C68H128O4.